The number of carbonyl (C=O) groups is 2. The smallest absolute Gasteiger partial charge is 0.313 e. The molecule has 1 N–H and O–H groups in total. The van der Waals surface area contributed by atoms with Crippen molar-refractivity contribution >= 4 is 45.2 Å². The first-order valence-electron chi connectivity index (χ1n) is 11.0. The highest BCUT2D eigenvalue weighted by atomic mass is 32.2. The number of carbonyl (C=O) groups excluding carboxylic acids is 2. The molecular weight excluding hydrogens is 440 g/mol. The number of para-hydroxylation sites is 1. The van der Waals surface area contributed by atoms with Crippen molar-refractivity contribution in [3.63, 3.8) is 0 Å². The largest absolute Gasteiger partial charge is 0.455 e. The Hall–Kier alpha value is -2.38. The number of thioether (sulfide) groups is 1. The van der Waals surface area contributed by atoms with Crippen molar-refractivity contribution in [3.8, 4) is 0 Å². The molecule has 5 nitrogen and oxygen atoms in total. The maximum Gasteiger partial charge on any atom is 0.313 e. The summed E-state index contributed by atoms with van der Waals surface area (Å²) >= 11 is 3.33. The molecule has 0 atom stereocenters. The number of thiazole rings is 1. The maximum atomic E-state index is 13.0. The van der Waals surface area contributed by atoms with E-state index in [1.165, 1.54) is 10.5 Å². The van der Waals surface area contributed by atoms with Gasteiger partial charge in [0.2, 0.25) is 0 Å². The molecule has 168 valence electrons. The number of esters is 1. The van der Waals surface area contributed by atoms with Gasteiger partial charge in [0.1, 0.15) is 0 Å². The molecule has 2 aromatic carbocycles. The van der Waals surface area contributed by atoms with E-state index in [2.05, 4.69) is 42.6 Å². The van der Waals surface area contributed by atoms with E-state index in [0.717, 1.165) is 46.7 Å². The van der Waals surface area contributed by atoms with Crippen LogP contribution in [0.3, 0.4) is 0 Å². The molecule has 0 radical (unpaired) electrons. The van der Waals surface area contributed by atoms with E-state index in [4.69, 9.17) is 9.72 Å². The van der Waals surface area contributed by atoms with E-state index in [0.29, 0.717) is 13.0 Å². The third-order valence-corrected chi connectivity index (χ3v) is 7.92. The van der Waals surface area contributed by atoms with Crippen LogP contribution < -0.4 is 5.32 Å². The molecule has 4 rings (SSSR count). The molecule has 1 amide bonds. The Labute approximate surface area is 197 Å². The summed E-state index contributed by atoms with van der Waals surface area (Å²) in [6, 6.07) is 16.3. The van der Waals surface area contributed by atoms with Crippen molar-refractivity contribution < 1.29 is 14.3 Å². The second kappa shape index (κ2) is 10.5. The predicted molar refractivity (Wildman–Crippen MR) is 130 cm³/mol. The summed E-state index contributed by atoms with van der Waals surface area (Å²) in [5, 5.41) is 3.80. The minimum atomic E-state index is -0.560. The summed E-state index contributed by atoms with van der Waals surface area (Å²) in [7, 11) is 0. The molecule has 1 aliphatic rings. The molecule has 1 heterocycles. The molecule has 0 unspecified atom stereocenters. The highest BCUT2D eigenvalue weighted by molar-refractivity contribution is 7.99. The van der Waals surface area contributed by atoms with Gasteiger partial charge in [0.25, 0.3) is 5.91 Å². The monoisotopic (exact) mass is 468 g/mol. The van der Waals surface area contributed by atoms with E-state index in [-0.39, 0.29) is 18.5 Å². The van der Waals surface area contributed by atoms with Gasteiger partial charge in [-0.15, -0.1) is 23.1 Å². The fraction of sp³-hybridized carbons (Fsp3) is 0.400. The second-order valence-electron chi connectivity index (χ2n) is 8.33. The lowest BCUT2D eigenvalue weighted by Gasteiger charge is -2.25. The van der Waals surface area contributed by atoms with E-state index in [1.54, 1.807) is 23.1 Å². The van der Waals surface area contributed by atoms with E-state index >= 15 is 0 Å². The van der Waals surface area contributed by atoms with Crippen LogP contribution in [-0.2, 0) is 20.7 Å². The molecule has 0 saturated heterocycles. The summed E-state index contributed by atoms with van der Waals surface area (Å²) in [4.78, 5) is 31.1. The number of benzene rings is 2. The van der Waals surface area contributed by atoms with Gasteiger partial charge in [-0.05, 0) is 44.0 Å². The fourth-order valence-corrected chi connectivity index (χ4v) is 6.00. The lowest BCUT2D eigenvalue weighted by atomic mass is 9.83. The first kappa shape index (κ1) is 22.8. The van der Waals surface area contributed by atoms with Crippen LogP contribution in [0.5, 0.6) is 0 Å². The van der Waals surface area contributed by atoms with Crippen molar-refractivity contribution in [2.75, 3.05) is 18.9 Å². The van der Waals surface area contributed by atoms with Gasteiger partial charge in [-0.1, -0.05) is 42.7 Å². The molecule has 32 heavy (non-hydrogen) atoms. The van der Waals surface area contributed by atoms with Gasteiger partial charge in [0.15, 0.2) is 6.61 Å². The Morgan fingerprint density at radius 2 is 1.88 bits per heavy atom. The molecular formula is C25H28N2O3S2. The maximum absolute atomic E-state index is 13.0. The summed E-state index contributed by atoms with van der Waals surface area (Å²) < 4.78 is 6.62. The molecule has 7 heteroatoms. The average molecular weight is 469 g/mol. The summed E-state index contributed by atoms with van der Waals surface area (Å²) in [5.41, 5.74) is 1.64. The first-order valence-corrected chi connectivity index (χ1v) is 12.8. The highest BCUT2D eigenvalue weighted by Crippen LogP contribution is 2.43. The van der Waals surface area contributed by atoms with Crippen molar-refractivity contribution in [2.45, 2.75) is 43.9 Å². The summed E-state index contributed by atoms with van der Waals surface area (Å²) in [6.07, 6.45) is 4.16. The Balaban J connectivity index is 1.25. The summed E-state index contributed by atoms with van der Waals surface area (Å²) in [6.45, 7) is 2.37. The van der Waals surface area contributed by atoms with Gasteiger partial charge in [0.05, 0.1) is 20.6 Å². The molecule has 1 saturated carbocycles. The van der Waals surface area contributed by atoms with Crippen LogP contribution in [0.15, 0.2) is 53.4 Å². The number of hydrogen-bond acceptors (Lipinski definition) is 6. The van der Waals surface area contributed by atoms with Gasteiger partial charge in [0, 0.05) is 23.6 Å². The fourth-order valence-electron chi connectivity index (χ4n) is 4.12. The van der Waals surface area contributed by atoms with Crippen LogP contribution in [0.2, 0.25) is 0 Å². The predicted octanol–water partition coefficient (Wildman–Crippen LogP) is 5.16. The molecule has 3 aromatic rings. The van der Waals surface area contributed by atoms with E-state index < -0.39 is 5.41 Å². The number of aryl methyl sites for hydroxylation is 1. The van der Waals surface area contributed by atoms with Crippen molar-refractivity contribution in [1.82, 2.24) is 10.3 Å². The van der Waals surface area contributed by atoms with Gasteiger partial charge in [-0.25, -0.2) is 4.98 Å². The standard InChI is InChI=1S/C25H28N2O3S2/c1-18-8-10-19(11-9-18)31-15-14-26-22(28)17-30-24(29)25(12-4-5-13-25)16-23-27-20-6-2-3-7-21(20)32-23/h2-3,6-11H,4-5,12-17H2,1H3,(H,26,28). The SMILES string of the molecule is Cc1ccc(SCCNC(=O)COC(=O)C2(Cc3nc4ccccc4s3)CCCC2)cc1. The van der Waals surface area contributed by atoms with Crippen molar-refractivity contribution in [1.29, 1.82) is 0 Å². The van der Waals surface area contributed by atoms with E-state index in [9.17, 15) is 9.59 Å². The Morgan fingerprint density at radius 1 is 1.12 bits per heavy atom. The second-order valence-corrected chi connectivity index (χ2v) is 10.6. The van der Waals surface area contributed by atoms with Crippen molar-refractivity contribution in [2.24, 2.45) is 5.41 Å². The topological polar surface area (TPSA) is 68.3 Å². The molecule has 0 bridgehead atoms. The molecule has 0 aliphatic heterocycles. The number of hydrogen-bond donors (Lipinski definition) is 1. The quantitative estimate of drug-likeness (QED) is 0.267. The van der Waals surface area contributed by atoms with Crippen LogP contribution in [0.1, 0.15) is 36.3 Å². The minimum absolute atomic E-state index is 0.227. The lowest BCUT2D eigenvalue weighted by molar-refractivity contribution is -0.158. The van der Waals surface area contributed by atoms with Crippen LogP contribution in [-0.4, -0.2) is 35.8 Å². The Morgan fingerprint density at radius 3 is 2.62 bits per heavy atom. The number of rotatable bonds is 9. The average Bonchev–Trinajstić information content (AvgIpc) is 3.43. The lowest BCUT2D eigenvalue weighted by Crippen LogP contribution is -2.36. The minimum Gasteiger partial charge on any atom is -0.455 e. The first-order chi connectivity index (χ1) is 15.5. The van der Waals surface area contributed by atoms with Crippen LogP contribution in [0.4, 0.5) is 0 Å². The van der Waals surface area contributed by atoms with Gasteiger partial charge in [-0.3, -0.25) is 9.59 Å². The number of aromatic nitrogens is 1. The van der Waals surface area contributed by atoms with Crippen LogP contribution in [0, 0.1) is 12.3 Å². The summed E-state index contributed by atoms with van der Waals surface area (Å²) in [5.74, 6) is 0.249. The number of ether oxygens (including phenoxy) is 1. The Kier molecular flexibility index (Phi) is 7.48. The normalized spacial score (nSPS) is 15.0. The highest BCUT2D eigenvalue weighted by Gasteiger charge is 2.43. The zero-order valence-corrected chi connectivity index (χ0v) is 19.9. The number of fused-ring (bicyclic) bond motifs is 1. The zero-order chi connectivity index (χ0) is 22.4. The third-order valence-electron chi connectivity index (χ3n) is 5.87. The number of nitrogens with zero attached hydrogens (tertiary/aromatic N) is 1. The Bertz CT molecular complexity index is 1040. The molecule has 0 spiro atoms. The molecule has 1 aromatic heterocycles. The van der Waals surface area contributed by atoms with Crippen LogP contribution >= 0.6 is 23.1 Å². The van der Waals surface area contributed by atoms with Gasteiger partial charge in [-0.2, -0.15) is 0 Å². The zero-order valence-electron chi connectivity index (χ0n) is 18.3. The number of nitrogens with one attached hydrogen (secondary N) is 1. The number of amides is 1. The molecule has 1 aliphatic carbocycles. The molecule has 1 fully saturated rings. The van der Waals surface area contributed by atoms with Crippen molar-refractivity contribution in [3.05, 3.63) is 59.1 Å². The van der Waals surface area contributed by atoms with Gasteiger partial charge < -0.3 is 10.1 Å². The van der Waals surface area contributed by atoms with Gasteiger partial charge >= 0.3 is 5.97 Å². The van der Waals surface area contributed by atoms with Crippen LogP contribution in [0.25, 0.3) is 10.2 Å². The van der Waals surface area contributed by atoms with E-state index in [1.807, 2.05) is 18.2 Å². The third kappa shape index (κ3) is 5.70.